The quantitative estimate of drug-likeness (QED) is 0.402. The predicted octanol–water partition coefficient (Wildman–Crippen LogP) is 2.23. The SMILES string of the molecule is CCOCCNCc1cccc(CCNc2nc3c(CC)c(C)nn3c(N)c2C#N)n1. The van der Waals surface area contributed by atoms with Crippen molar-refractivity contribution >= 4 is 17.3 Å². The highest BCUT2D eigenvalue weighted by Gasteiger charge is 2.18. The van der Waals surface area contributed by atoms with Gasteiger partial charge in [-0.15, -0.1) is 0 Å². The lowest BCUT2D eigenvalue weighted by atomic mass is 10.2. The van der Waals surface area contributed by atoms with E-state index in [2.05, 4.69) is 33.7 Å². The molecule has 3 rings (SSSR count). The Bertz CT molecular complexity index is 1070. The van der Waals surface area contributed by atoms with Crippen LogP contribution in [-0.2, 0) is 24.1 Å². The number of rotatable bonds is 11. The van der Waals surface area contributed by atoms with Crippen LogP contribution in [0.2, 0.25) is 0 Å². The predicted molar refractivity (Wildman–Crippen MR) is 121 cm³/mol. The molecule has 9 nitrogen and oxygen atoms in total. The summed E-state index contributed by atoms with van der Waals surface area (Å²) in [6, 6.07) is 8.16. The van der Waals surface area contributed by atoms with Gasteiger partial charge < -0.3 is 21.1 Å². The molecule has 0 radical (unpaired) electrons. The molecular weight excluding hydrogens is 392 g/mol. The number of nitrogens with one attached hydrogen (secondary N) is 2. The monoisotopic (exact) mass is 422 g/mol. The summed E-state index contributed by atoms with van der Waals surface area (Å²) in [6.07, 6.45) is 1.49. The number of nitrogens with zero attached hydrogens (tertiary/aromatic N) is 5. The smallest absolute Gasteiger partial charge is 0.163 e. The summed E-state index contributed by atoms with van der Waals surface area (Å²) < 4.78 is 6.88. The third kappa shape index (κ3) is 5.29. The van der Waals surface area contributed by atoms with Crippen LogP contribution in [0, 0.1) is 18.3 Å². The molecule has 9 heteroatoms. The summed E-state index contributed by atoms with van der Waals surface area (Å²) in [4.78, 5) is 9.35. The number of hydrogen-bond acceptors (Lipinski definition) is 8. The first-order valence-corrected chi connectivity index (χ1v) is 10.6. The van der Waals surface area contributed by atoms with E-state index in [1.807, 2.05) is 32.0 Å². The van der Waals surface area contributed by atoms with Crippen LogP contribution >= 0.6 is 0 Å². The van der Waals surface area contributed by atoms with Crippen LogP contribution in [0.25, 0.3) is 5.65 Å². The molecule has 3 heterocycles. The fourth-order valence-electron chi connectivity index (χ4n) is 3.45. The van der Waals surface area contributed by atoms with Crippen LogP contribution in [0.3, 0.4) is 0 Å². The zero-order valence-electron chi connectivity index (χ0n) is 18.4. The number of nitrogens with two attached hydrogens (primary N) is 1. The maximum absolute atomic E-state index is 9.60. The highest BCUT2D eigenvalue weighted by Crippen LogP contribution is 2.24. The van der Waals surface area contributed by atoms with Gasteiger partial charge in [-0.1, -0.05) is 13.0 Å². The van der Waals surface area contributed by atoms with E-state index in [1.54, 1.807) is 4.52 Å². The first-order chi connectivity index (χ1) is 15.1. The van der Waals surface area contributed by atoms with Gasteiger partial charge >= 0.3 is 0 Å². The van der Waals surface area contributed by atoms with E-state index in [0.717, 1.165) is 42.2 Å². The van der Waals surface area contributed by atoms with Gasteiger partial charge in [0.1, 0.15) is 23.3 Å². The van der Waals surface area contributed by atoms with Gasteiger partial charge in [0.05, 0.1) is 18.0 Å². The summed E-state index contributed by atoms with van der Waals surface area (Å²) in [5, 5.41) is 20.6. The zero-order valence-corrected chi connectivity index (χ0v) is 18.4. The van der Waals surface area contributed by atoms with Gasteiger partial charge in [0.2, 0.25) is 0 Å². The Morgan fingerprint density at radius 2 is 2.00 bits per heavy atom. The number of anilines is 2. The Kier molecular flexibility index (Phi) is 7.76. The fourth-order valence-corrected chi connectivity index (χ4v) is 3.45. The summed E-state index contributed by atoms with van der Waals surface area (Å²) in [6.45, 7) is 9.46. The third-order valence-electron chi connectivity index (χ3n) is 5.03. The van der Waals surface area contributed by atoms with Crippen molar-refractivity contribution in [3.05, 3.63) is 46.4 Å². The molecule has 4 N–H and O–H groups in total. The first-order valence-electron chi connectivity index (χ1n) is 10.6. The van der Waals surface area contributed by atoms with Crippen LogP contribution in [-0.4, -0.2) is 45.9 Å². The summed E-state index contributed by atoms with van der Waals surface area (Å²) in [5.41, 5.74) is 11.1. The maximum Gasteiger partial charge on any atom is 0.163 e. The number of aromatic nitrogens is 4. The standard InChI is InChI=1S/C22H30N8O/c1-4-18-15(3)29-30-20(24)19(13-23)21(28-22(18)30)26-10-9-16-7-6-8-17(27-16)14-25-11-12-31-5-2/h6-8,25H,4-5,9-12,14,24H2,1-3H3,(H,26,28). The number of fused-ring (bicyclic) bond motifs is 1. The maximum atomic E-state index is 9.60. The highest BCUT2D eigenvalue weighted by atomic mass is 16.5. The zero-order chi connectivity index (χ0) is 22.2. The van der Waals surface area contributed by atoms with E-state index in [0.29, 0.717) is 49.0 Å². The van der Waals surface area contributed by atoms with Crippen molar-refractivity contribution in [2.24, 2.45) is 0 Å². The molecule has 0 spiro atoms. The average Bonchev–Trinajstić information content (AvgIpc) is 3.09. The molecule has 3 aromatic rings. The Morgan fingerprint density at radius 1 is 1.19 bits per heavy atom. The van der Waals surface area contributed by atoms with Gasteiger partial charge in [-0.05, 0) is 32.4 Å². The summed E-state index contributed by atoms with van der Waals surface area (Å²) in [5.74, 6) is 0.784. The molecule has 0 saturated carbocycles. The molecule has 0 fully saturated rings. The van der Waals surface area contributed by atoms with Gasteiger partial charge in [-0.2, -0.15) is 14.9 Å². The number of nitrogen functional groups attached to an aromatic ring is 1. The van der Waals surface area contributed by atoms with Gasteiger partial charge in [-0.3, -0.25) is 4.98 Å². The lowest BCUT2D eigenvalue weighted by Gasteiger charge is -2.11. The summed E-state index contributed by atoms with van der Waals surface area (Å²) in [7, 11) is 0. The second kappa shape index (κ2) is 10.7. The van der Waals surface area contributed by atoms with Crippen molar-refractivity contribution in [1.29, 1.82) is 5.26 Å². The molecule has 0 bridgehead atoms. The van der Waals surface area contributed by atoms with Gasteiger partial charge in [0, 0.05) is 43.9 Å². The van der Waals surface area contributed by atoms with Crippen LogP contribution in [0.1, 0.15) is 42.1 Å². The Hall–Kier alpha value is -3.22. The van der Waals surface area contributed by atoms with E-state index < -0.39 is 0 Å². The fraction of sp³-hybridized carbons (Fsp3) is 0.455. The lowest BCUT2D eigenvalue weighted by Crippen LogP contribution is -2.20. The Labute approximate surface area is 182 Å². The highest BCUT2D eigenvalue weighted by molar-refractivity contribution is 5.69. The molecule has 0 aliphatic rings. The minimum Gasteiger partial charge on any atom is -0.382 e. The molecule has 0 aliphatic carbocycles. The molecule has 0 aliphatic heterocycles. The number of ether oxygens (including phenoxy) is 1. The van der Waals surface area contributed by atoms with Crippen LogP contribution in [0.15, 0.2) is 18.2 Å². The van der Waals surface area contributed by atoms with Crippen molar-refractivity contribution in [3.63, 3.8) is 0 Å². The Balaban J connectivity index is 1.66. The minimum atomic E-state index is 0.302. The molecule has 3 aromatic heterocycles. The third-order valence-corrected chi connectivity index (χ3v) is 5.03. The molecule has 0 atom stereocenters. The van der Waals surface area contributed by atoms with Crippen molar-refractivity contribution in [1.82, 2.24) is 24.9 Å². The van der Waals surface area contributed by atoms with Gasteiger partial charge in [-0.25, -0.2) is 4.98 Å². The number of pyridine rings is 1. The van der Waals surface area contributed by atoms with Crippen LogP contribution in [0.5, 0.6) is 0 Å². The molecule has 31 heavy (non-hydrogen) atoms. The van der Waals surface area contributed by atoms with E-state index in [1.165, 1.54) is 0 Å². The van der Waals surface area contributed by atoms with E-state index in [4.69, 9.17) is 15.5 Å². The molecule has 0 aromatic carbocycles. The van der Waals surface area contributed by atoms with Gasteiger partial charge in [0.25, 0.3) is 0 Å². The molecule has 0 saturated heterocycles. The van der Waals surface area contributed by atoms with Crippen LogP contribution < -0.4 is 16.4 Å². The average molecular weight is 423 g/mol. The first kappa shape index (κ1) is 22.5. The lowest BCUT2D eigenvalue weighted by molar-refractivity contribution is 0.149. The largest absolute Gasteiger partial charge is 0.382 e. The number of hydrogen-bond donors (Lipinski definition) is 3. The van der Waals surface area contributed by atoms with E-state index in [9.17, 15) is 5.26 Å². The second-order valence-corrected chi connectivity index (χ2v) is 7.16. The minimum absolute atomic E-state index is 0.302. The normalized spacial score (nSPS) is 11.0. The summed E-state index contributed by atoms with van der Waals surface area (Å²) >= 11 is 0. The second-order valence-electron chi connectivity index (χ2n) is 7.16. The number of nitriles is 1. The molecular formula is C22H30N8O. The molecule has 0 unspecified atom stereocenters. The van der Waals surface area contributed by atoms with Crippen molar-refractivity contribution in [2.45, 2.75) is 40.2 Å². The molecule has 164 valence electrons. The molecule has 0 amide bonds. The Morgan fingerprint density at radius 3 is 2.74 bits per heavy atom. The van der Waals surface area contributed by atoms with E-state index in [-0.39, 0.29) is 0 Å². The van der Waals surface area contributed by atoms with E-state index >= 15 is 0 Å². The number of aryl methyl sites for hydroxylation is 2. The van der Waals surface area contributed by atoms with Crippen LogP contribution in [0.4, 0.5) is 11.6 Å². The van der Waals surface area contributed by atoms with Crippen molar-refractivity contribution in [3.8, 4) is 6.07 Å². The van der Waals surface area contributed by atoms with Gasteiger partial charge in [0.15, 0.2) is 5.65 Å². The topological polar surface area (TPSA) is 126 Å². The van der Waals surface area contributed by atoms with Crippen molar-refractivity contribution in [2.75, 3.05) is 37.4 Å². The van der Waals surface area contributed by atoms with Crippen molar-refractivity contribution < 1.29 is 4.74 Å².